The highest BCUT2D eigenvalue weighted by Gasteiger charge is 2.17. The molecule has 34 heavy (non-hydrogen) atoms. The van der Waals surface area contributed by atoms with Crippen molar-refractivity contribution in [2.45, 2.75) is 12.5 Å². The number of nitrogens with zero attached hydrogens (tertiary/aromatic N) is 5. The van der Waals surface area contributed by atoms with Crippen LogP contribution < -0.4 is 10.1 Å². The molecule has 0 aliphatic rings. The van der Waals surface area contributed by atoms with Crippen LogP contribution in [0.3, 0.4) is 0 Å². The molecular formula is C24H23FN6O2S. The molecular weight excluding hydrogens is 455 g/mol. The van der Waals surface area contributed by atoms with E-state index >= 15 is 0 Å². The number of carbonyl (C=O) groups excluding carboxylic acids is 1. The molecule has 1 atom stereocenters. The third-order valence-corrected chi connectivity index (χ3v) is 5.79. The topological polar surface area (TPSA) is 93.1 Å². The molecule has 0 aliphatic carbocycles. The molecule has 1 unspecified atom stereocenters. The van der Waals surface area contributed by atoms with Crippen molar-refractivity contribution in [1.82, 2.24) is 25.1 Å². The quantitative estimate of drug-likeness (QED) is 0.380. The number of ether oxygens (including phenoxy) is 1. The molecule has 1 aromatic carbocycles. The van der Waals surface area contributed by atoms with Gasteiger partial charge in [-0.05, 0) is 31.8 Å². The number of aromatic nitrogens is 4. The van der Waals surface area contributed by atoms with Gasteiger partial charge in [0, 0.05) is 31.4 Å². The van der Waals surface area contributed by atoms with Crippen LogP contribution in [0.4, 0.5) is 9.52 Å². The average molecular weight is 479 g/mol. The summed E-state index contributed by atoms with van der Waals surface area (Å²) in [5.41, 5.74) is 1.67. The van der Waals surface area contributed by atoms with Crippen molar-refractivity contribution in [3.8, 4) is 16.5 Å². The van der Waals surface area contributed by atoms with Gasteiger partial charge in [0.15, 0.2) is 10.8 Å². The van der Waals surface area contributed by atoms with Crippen LogP contribution in [0.5, 0.6) is 5.88 Å². The van der Waals surface area contributed by atoms with Crippen LogP contribution in [0.25, 0.3) is 10.6 Å². The lowest BCUT2D eigenvalue weighted by Crippen LogP contribution is -2.19. The minimum Gasteiger partial charge on any atom is -0.469 e. The van der Waals surface area contributed by atoms with Gasteiger partial charge in [-0.3, -0.25) is 15.1 Å². The molecule has 174 valence electrons. The zero-order chi connectivity index (χ0) is 23.9. The van der Waals surface area contributed by atoms with Crippen molar-refractivity contribution in [2.24, 2.45) is 0 Å². The third kappa shape index (κ3) is 5.97. The molecule has 8 nitrogen and oxygen atoms in total. The van der Waals surface area contributed by atoms with Crippen molar-refractivity contribution in [1.29, 1.82) is 0 Å². The minimum atomic E-state index is -0.504. The molecule has 0 saturated heterocycles. The Morgan fingerprint density at radius 2 is 1.94 bits per heavy atom. The van der Waals surface area contributed by atoms with Gasteiger partial charge in [-0.15, -0.1) is 10.2 Å². The fraction of sp³-hybridized carbons (Fsp3) is 0.208. The highest BCUT2D eigenvalue weighted by atomic mass is 32.1. The molecule has 1 amide bonds. The lowest BCUT2D eigenvalue weighted by Gasteiger charge is -2.21. The SMILES string of the molecule is CN(C)CCC(Oc1ccc(C(=O)Nc2nnc(-c3ccncc3F)s2)cn1)c1ccccc1. The maximum absolute atomic E-state index is 13.9. The van der Waals surface area contributed by atoms with Crippen molar-refractivity contribution in [3.05, 3.63) is 84.1 Å². The Morgan fingerprint density at radius 1 is 1.12 bits per heavy atom. The summed E-state index contributed by atoms with van der Waals surface area (Å²) in [7, 11) is 4.03. The van der Waals surface area contributed by atoms with Gasteiger partial charge in [0.25, 0.3) is 5.91 Å². The first-order valence-corrected chi connectivity index (χ1v) is 11.4. The summed E-state index contributed by atoms with van der Waals surface area (Å²) < 4.78 is 20.0. The van der Waals surface area contributed by atoms with Crippen molar-refractivity contribution in [2.75, 3.05) is 26.0 Å². The Hall–Kier alpha value is -3.76. The number of rotatable bonds is 9. The maximum atomic E-state index is 13.9. The number of pyridine rings is 2. The molecule has 0 aliphatic heterocycles. The van der Waals surface area contributed by atoms with E-state index in [-0.39, 0.29) is 16.8 Å². The van der Waals surface area contributed by atoms with Crippen LogP contribution in [0, 0.1) is 5.82 Å². The average Bonchev–Trinajstić information content (AvgIpc) is 3.31. The van der Waals surface area contributed by atoms with Crippen LogP contribution in [0.2, 0.25) is 0 Å². The molecule has 3 heterocycles. The minimum absolute atomic E-state index is 0.163. The number of halogens is 1. The fourth-order valence-corrected chi connectivity index (χ4v) is 3.93. The van der Waals surface area contributed by atoms with Crippen molar-refractivity contribution in [3.63, 3.8) is 0 Å². The monoisotopic (exact) mass is 478 g/mol. The van der Waals surface area contributed by atoms with Crippen molar-refractivity contribution >= 4 is 22.4 Å². The van der Waals surface area contributed by atoms with E-state index in [1.165, 1.54) is 18.5 Å². The van der Waals surface area contributed by atoms with Gasteiger partial charge in [-0.25, -0.2) is 9.37 Å². The molecule has 4 aromatic rings. The number of carbonyl (C=O) groups is 1. The Balaban J connectivity index is 1.41. The summed E-state index contributed by atoms with van der Waals surface area (Å²) in [4.78, 5) is 22.7. The summed E-state index contributed by atoms with van der Waals surface area (Å²) in [5, 5.41) is 11.1. The van der Waals surface area contributed by atoms with E-state index in [9.17, 15) is 9.18 Å². The lowest BCUT2D eigenvalue weighted by molar-refractivity contribution is 0.102. The number of amides is 1. The van der Waals surface area contributed by atoms with Gasteiger partial charge in [0.05, 0.1) is 17.3 Å². The molecule has 0 spiro atoms. The maximum Gasteiger partial charge on any atom is 0.259 e. The van der Waals surface area contributed by atoms with Crippen LogP contribution in [0.1, 0.15) is 28.4 Å². The standard InChI is InChI=1S/C24H23FN6O2S/c1-31(2)13-11-20(16-6-4-3-5-7-16)33-21-9-8-17(14-27-21)22(32)28-24-30-29-23(34-24)18-10-12-26-15-19(18)25/h3-10,12,14-15,20H,11,13H2,1-2H3,(H,28,30,32). The van der Waals surface area contributed by atoms with E-state index < -0.39 is 11.7 Å². The molecule has 0 radical (unpaired) electrons. The molecule has 1 N–H and O–H groups in total. The first-order chi connectivity index (χ1) is 16.5. The van der Waals surface area contributed by atoms with E-state index in [1.54, 1.807) is 12.1 Å². The summed E-state index contributed by atoms with van der Waals surface area (Å²) in [5.74, 6) is -0.476. The Morgan fingerprint density at radius 3 is 2.65 bits per heavy atom. The second-order valence-electron chi connectivity index (χ2n) is 7.72. The number of anilines is 1. The lowest BCUT2D eigenvalue weighted by atomic mass is 10.1. The Kier molecular flexibility index (Phi) is 7.51. The summed E-state index contributed by atoms with van der Waals surface area (Å²) in [6, 6.07) is 14.8. The Bertz CT molecular complexity index is 1230. The first kappa shape index (κ1) is 23.4. The molecule has 10 heteroatoms. The van der Waals surface area contributed by atoms with Crippen LogP contribution in [-0.4, -0.2) is 51.6 Å². The second kappa shape index (κ2) is 10.9. The normalized spacial score (nSPS) is 11.9. The van der Waals surface area contributed by atoms with E-state index in [0.29, 0.717) is 16.5 Å². The van der Waals surface area contributed by atoms with Crippen molar-refractivity contribution < 1.29 is 13.9 Å². The second-order valence-corrected chi connectivity index (χ2v) is 8.69. The number of benzene rings is 1. The predicted molar refractivity (Wildman–Crippen MR) is 128 cm³/mol. The highest BCUT2D eigenvalue weighted by Crippen LogP contribution is 2.28. The summed E-state index contributed by atoms with van der Waals surface area (Å²) in [6.07, 6.45) is 4.65. The zero-order valence-electron chi connectivity index (χ0n) is 18.7. The number of hydrogen-bond acceptors (Lipinski definition) is 8. The molecule has 0 bridgehead atoms. The predicted octanol–water partition coefficient (Wildman–Crippen LogP) is 4.46. The highest BCUT2D eigenvalue weighted by molar-refractivity contribution is 7.18. The van der Waals surface area contributed by atoms with E-state index in [2.05, 4.69) is 30.4 Å². The van der Waals surface area contributed by atoms with E-state index in [4.69, 9.17) is 4.74 Å². The smallest absolute Gasteiger partial charge is 0.259 e. The molecule has 4 rings (SSSR count). The largest absolute Gasteiger partial charge is 0.469 e. The summed E-state index contributed by atoms with van der Waals surface area (Å²) in [6.45, 7) is 0.854. The zero-order valence-corrected chi connectivity index (χ0v) is 19.5. The van der Waals surface area contributed by atoms with Crippen LogP contribution in [-0.2, 0) is 0 Å². The van der Waals surface area contributed by atoms with Gasteiger partial charge in [-0.1, -0.05) is 41.7 Å². The first-order valence-electron chi connectivity index (χ1n) is 10.6. The van der Waals surface area contributed by atoms with E-state index in [1.807, 2.05) is 44.4 Å². The van der Waals surface area contributed by atoms with Crippen LogP contribution >= 0.6 is 11.3 Å². The van der Waals surface area contributed by atoms with Gasteiger partial charge < -0.3 is 9.64 Å². The summed E-state index contributed by atoms with van der Waals surface area (Å²) >= 11 is 1.07. The third-order valence-electron chi connectivity index (χ3n) is 4.92. The molecule has 0 saturated carbocycles. The van der Waals surface area contributed by atoms with Gasteiger partial charge in [-0.2, -0.15) is 0 Å². The van der Waals surface area contributed by atoms with E-state index in [0.717, 1.165) is 36.1 Å². The molecule has 3 aromatic heterocycles. The molecule has 0 fully saturated rings. The van der Waals surface area contributed by atoms with Gasteiger partial charge in [0.1, 0.15) is 6.10 Å². The van der Waals surface area contributed by atoms with Gasteiger partial charge >= 0.3 is 0 Å². The fourth-order valence-electron chi connectivity index (χ4n) is 3.17. The Labute approximate surface area is 200 Å². The number of hydrogen-bond donors (Lipinski definition) is 1. The number of nitrogens with one attached hydrogen (secondary N) is 1. The van der Waals surface area contributed by atoms with Gasteiger partial charge in [0.2, 0.25) is 11.0 Å². The van der Waals surface area contributed by atoms with Crippen LogP contribution in [0.15, 0.2) is 67.1 Å².